The fourth-order valence-electron chi connectivity index (χ4n) is 3.07. The van der Waals surface area contributed by atoms with Crippen molar-refractivity contribution in [2.75, 3.05) is 19.7 Å². The van der Waals surface area contributed by atoms with Gasteiger partial charge < -0.3 is 9.64 Å². The predicted octanol–water partition coefficient (Wildman–Crippen LogP) is 3.04. The molecular weight excluding hydrogens is 212 g/mol. The van der Waals surface area contributed by atoms with Gasteiger partial charge in [0.05, 0.1) is 11.9 Å². The first-order valence-corrected chi connectivity index (χ1v) is 7.26. The third-order valence-electron chi connectivity index (χ3n) is 4.16. The lowest BCUT2D eigenvalue weighted by Crippen LogP contribution is -2.40. The second-order valence-corrected chi connectivity index (χ2v) is 5.39. The number of amidine groups is 1. The molecule has 3 heteroatoms. The van der Waals surface area contributed by atoms with Gasteiger partial charge in [-0.15, -0.1) is 0 Å². The number of hydrogen-bond donors (Lipinski definition) is 1. The molecule has 0 bridgehead atoms. The fourth-order valence-corrected chi connectivity index (χ4v) is 3.07. The monoisotopic (exact) mass is 238 g/mol. The summed E-state index contributed by atoms with van der Waals surface area (Å²) in [4.78, 5) is 2.24. The van der Waals surface area contributed by atoms with Crippen LogP contribution in [0.15, 0.2) is 0 Å². The molecule has 1 N–H and O–H groups in total. The highest BCUT2D eigenvalue weighted by Crippen LogP contribution is 2.26. The summed E-state index contributed by atoms with van der Waals surface area (Å²) >= 11 is 0. The van der Waals surface area contributed by atoms with E-state index in [1.54, 1.807) is 0 Å². The summed E-state index contributed by atoms with van der Waals surface area (Å²) in [6, 6.07) is 0. The quantitative estimate of drug-likeness (QED) is 0.603. The highest BCUT2D eigenvalue weighted by atomic mass is 16.5. The molecule has 1 unspecified atom stereocenters. The molecule has 1 aliphatic heterocycles. The van der Waals surface area contributed by atoms with E-state index in [1.807, 2.05) is 0 Å². The Balaban J connectivity index is 1.84. The van der Waals surface area contributed by atoms with Gasteiger partial charge >= 0.3 is 0 Å². The zero-order valence-corrected chi connectivity index (χ0v) is 11.1. The van der Waals surface area contributed by atoms with E-state index in [-0.39, 0.29) is 0 Å². The molecule has 0 aromatic carbocycles. The summed E-state index contributed by atoms with van der Waals surface area (Å²) < 4.78 is 5.68. The van der Waals surface area contributed by atoms with Crippen LogP contribution in [0.5, 0.6) is 0 Å². The fraction of sp³-hybridized carbons (Fsp3) is 0.929. The van der Waals surface area contributed by atoms with Gasteiger partial charge in [0.25, 0.3) is 0 Å². The first kappa shape index (κ1) is 12.9. The topological polar surface area (TPSA) is 36.3 Å². The molecule has 0 spiro atoms. The minimum atomic E-state index is 0.374. The highest BCUT2D eigenvalue weighted by molar-refractivity contribution is 5.81. The van der Waals surface area contributed by atoms with Gasteiger partial charge in [0.1, 0.15) is 0 Å². The molecular formula is C14H26N2O. The van der Waals surface area contributed by atoms with E-state index in [0.717, 1.165) is 25.5 Å². The number of ether oxygens (including phenoxy) is 1. The summed E-state index contributed by atoms with van der Waals surface area (Å²) in [5.74, 6) is 1.40. The number of nitrogens with zero attached hydrogens (tertiary/aromatic N) is 1. The number of nitrogens with one attached hydrogen (secondary N) is 1. The van der Waals surface area contributed by atoms with Crippen LogP contribution >= 0.6 is 0 Å². The van der Waals surface area contributed by atoms with Crippen molar-refractivity contribution in [1.29, 1.82) is 5.41 Å². The maximum atomic E-state index is 8.37. The van der Waals surface area contributed by atoms with Crippen LogP contribution in [-0.2, 0) is 4.74 Å². The van der Waals surface area contributed by atoms with Crippen molar-refractivity contribution in [3.63, 3.8) is 0 Å². The van der Waals surface area contributed by atoms with E-state index in [2.05, 4.69) is 11.8 Å². The van der Waals surface area contributed by atoms with E-state index >= 15 is 0 Å². The lowest BCUT2D eigenvalue weighted by atomic mass is 9.88. The second-order valence-electron chi connectivity index (χ2n) is 5.39. The van der Waals surface area contributed by atoms with Crippen LogP contribution < -0.4 is 0 Å². The average molecular weight is 238 g/mol. The zero-order valence-electron chi connectivity index (χ0n) is 11.1. The van der Waals surface area contributed by atoms with Crippen LogP contribution in [0.4, 0.5) is 0 Å². The Bertz CT molecular complexity index is 243. The maximum Gasteiger partial charge on any atom is 0.0990 e. The van der Waals surface area contributed by atoms with E-state index in [9.17, 15) is 0 Å². The normalized spacial score (nSPS) is 26.1. The third-order valence-corrected chi connectivity index (χ3v) is 4.16. The molecule has 0 aromatic rings. The lowest BCUT2D eigenvalue weighted by molar-refractivity contribution is 0.0905. The van der Waals surface area contributed by atoms with Crippen LogP contribution in [-0.4, -0.2) is 36.5 Å². The molecule has 2 aliphatic rings. The van der Waals surface area contributed by atoms with Crippen molar-refractivity contribution in [3.05, 3.63) is 0 Å². The number of hydrogen-bond acceptors (Lipinski definition) is 2. The van der Waals surface area contributed by atoms with Gasteiger partial charge in [-0.05, 0) is 32.6 Å². The molecule has 98 valence electrons. The zero-order chi connectivity index (χ0) is 12.1. The first-order valence-electron chi connectivity index (χ1n) is 7.26. The van der Waals surface area contributed by atoms with Crippen LogP contribution in [0, 0.1) is 11.3 Å². The van der Waals surface area contributed by atoms with Crippen molar-refractivity contribution in [2.24, 2.45) is 5.92 Å². The van der Waals surface area contributed by atoms with Crippen molar-refractivity contribution in [1.82, 2.24) is 4.90 Å². The lowest BCUT2D eigenvalue weighted by Gasteiger charge is -2.32. The van der Waals surface area contributed by atoms with Crippen LogP contribution in [0.3, 0.4) is 0 Å². The van der Waals surface area contributed by atoms with Gasteiger partial charge in [0.15, 0.2) is 0 Å². The first-order chi connectivity index (χ1) is 8.31. The standard InChI is InChI=1S/C14H26N2O/c1-2-16(11-13-9-6-10-17-13)14(15)12-7-4-3-5-8-12/h12-13,15H,2-11H2,1H3. The molecule has 17 heavy (non-hydrogen) atoms. The Hall–Kier alpha value is -0.570. The smallest absolute Gasteiger partial charge is 0.0990 e. The van der Waals surface area contributed by atoms with Crippen LogP contribution in [0.25, 0.3) is 0 Å². The van der Waals surface area contributed by atoms with Crippen molar-refractivity contribution < 1.29 is 4.74 Å². The Morgan fingerprint density at radius 3 is 2.53 bits per heavy atom. The summed E-state index contributed by atoms with van der Waals surface area (Å²) in [7, 11) is 0. The summed E-state index contributed by atoms with van der Waals surface area (Å²) in [6.07, 6.45) is 9.17. The predicted molar refractivity (Wildman–Crippen MR) is 70.5 cm³/mol. The molecule has 0 amide bonds. The SMILES string of the molecule is CCN(CC1CCCO1)C(=N)C1CCCCC1. The second kappa shape index (κ2) is 6.39. The Kier molecular flexibility index (Phi) is 4.84. The van der Waals surface area contributed by atoms with Crippen LogP contribution in [0.2, 0.25) is 0 Å². The Morgan fingerprint density at radius 2 is 1.94 bits per heavy atom. The van der Waals surface area contributed by atoms with E-state index in [0.29, 0.717) is 12.0 Å². The van der Waals surface area contributed by atoms with Gasteiger partial charge in [0, 0.05) is 25.6 Å². The number of rotatable bonds is 4. The average Bonchev–Trinajstić information content (AvgIpc) is 2.89. The van der Waals surface area contributed by atoms with Crippen LogP contribution in [0.1, 0.15) is 51.9 Å². The third kappa shape index (κ3) is 3.44. The highest BCUT2D eigenvalue weighted by Gasteiger charge is 2.25. The molecule has 2 fully saturated rings. The van der Waals surface area contributed by atoms with Gasteiger partial charge in [0.2, 0.25) is 0 Å². The van der Waals surface area contributed by atoms with Gasteiger partial charge in [-0.1, -0.05) is 19.3 Å². The van der Waals surface area contributed by atoms with E-state index in [1.165, 1.54) is 44.9 Å². The minimum absolute atomic E-state index is 0.374. The van der Waals surface area contributed by atoms with Gasteiger partial charge in [-0.2, -0.15) is 0 Å². The molecule has 1 aliphatic carbocycles. The molecule has 3 nitrogen and oxygen atoms in total. The Morgan fingerprint density at radius 1 is 1.18 bits per heavy atom. The van der Waals surface area contributed by atoms with E-state index < -0.39 is 0 Å². The molecule has 1 saturated heterocycles. The molecule has 0 aromatic heterocycles. The maximum absolute atomic E-state index is 8.37. The van der Waals surface area contributed by atoms with Gasteiger partial charge in [-0.3, -0.25) is 5.41 Å². The number of likely N-dealkylation sites (N-methyl/N-ethyl adjacent to an activating group) is 1. The summed E-state index contributed by atoms with van der Waals surface area (Å²) in [6.45, 7) is 4.96. The summed E-state index contributed by atoms with van der Waals surface area (Å²) in [5.41, 5.74) is 0. The molecule has 1 heterocycles. The molecule has 1 atom stereocenters. The van der Waals surface area contributed by atoms with Crippen molar-refractivity contribution >= 4 is 5.84 Å². The van der Waals surface area contributed by atoms with Crippen molar-refractivity contribution in [2.45, 2.75) is 58.0 Å². The summed E-state index contributed by atoms with van der Waals surface area (Å²) in [5, 5.41) is 8.37. The largest absolute Gasteiger partial charge is 0.376 e. The minimum Gasteiger partial charge on any atom is -0.376 e. The molecule has 1 saturated carbocycles. The van der Waals surface area contributed by atoms with E-state index in [4.69, 9.17) is 10.1 Å². The molecule has 0 radical (unpaired) electrons. The Labute approximate surface area is 105 Å². The molecule has 2 rings (SSSR count). The van der Waals surface area contributed by atoms with Gasteiger partial charge in [-0.25, -0.2) is 0 Å². The van der Waals surface area contributed by atoms with Crippen molar-refractivity contribution in [3.8, 4) is 0 Å².